The Morgan fingerprint density at radius 1 is 1.16 bits per heavy atom. The van der Waals surface area contributed by atoms with Gasteiger partial charge in [0.25, 0.3) is 0 Å². The average molecular weight is 380 g/mol. The molecule has 1 aromatic heterocycles. The molecule has 0 saturated carbocycles. The van der Waals surface area contributed by atoms with Crippen molar-refractivity contribution < 1.29 is 13.2 Å². The van der Waals surface area contributed by atoms with Crippen molar-refractivity contribution in [2.24, 2.45) is 0 Å². The van der Waals surface area contributed by atoms with Crippen molar-refractivity contribution in [1.82, 2.24) is 9.29 Å². The van der Waals surface area contributed by atoms with Gasteiger partial charge in [-0.05, 0) is 37.1 Å². The zero-order valence-corrected chi connectivity index (χ0v) is 15.0. The van der Waals surface area contributed by atoms with Gasteiger partial charge in [0.1, 0.15) is 11.9 Å². The van der Waals surface area contributed by atoms with Gasteiger partial charge in [-0.2, -0.15) is 4.31 Å². The summed E-state index contributed by atoms with van der Waals surface area (Å²) in [5, 5.41) is 3.14. The summed E-state index contributed by atoms with van der Waals surface area (Å²) in [6.07, 6.45) is 3.43. The van der Waals surface area contributed by atoms with E-state index in [9.17, 15) is 13.2 Å². The summed E-state index contributed by atoms with van der Waals surface area (Å²) < 4.78 is 27.1. The number of carbonyl (C=O) groups is 1. The number of piperidine rings is 1. The minimum atomic E-state index is -3.72. The summed E-state index contributed by atoms with van der Waals surface area (Å²) in [4.78, 5) is 16.9. The van der Waals surface area contributed by atoms with Crippen LogP contribution in [0.3, 0.4) is 0 Å². The van der Waals surface area contributed by atoms with E-state index >= 15 is 0 Å². The molecule has 1 atom stereocenters. The number of pyridine rings is 1. The number of anilines is 1. The van der Waals surface area contributed by atoms with Crippen LogP contribution in [0.1, 0.15) is 19.3 Å². The van der Waals surface area contributed by atoms with Gasteiger partial charge in [-0.1, -0.05) is 36.2 Å². The fraction of sp³-hybridized carbons (Fsp3) is 0.294. The van der Waals surface area contributed by atoms with E-state index in [1.54, 1.807) is 42.5 Å². The number of amides is 1. The molecule has 1 fully saturated rings. The summed E-state index contributed by atoms with van der Waals surface area (Å²) in [7, 11) is -3.72. The molecule has 0 bridgehead atoms. The molecule has 0 aliphatic carbocycles. The molecule has 8 heteroatoms. The van der Waals surface area contributed by atoms with E-state index in [2.05, 4.69) is 10.3 Å². The van der Waals surface area contributed by atoms with E-state index in [0.717, 1.165) is 12.8 Å². The lowest BCUT2D eigenvalue weighted by molar-refractivity contribution is -0.120. The van der Waals surface area contributed by atoms with Gasteiger partial charge in [0.05, 0.1) is 9.92 Å². The number of rotatable bonds is 4. The molecule has 1 aliphatic heterocycles. The van der Waals surface area contributed by atoms with Crippen molar-refractivity contribution in [3.05, 3.63) is 53.7 Å². The van der Waals surface area contributed by atoms with Crippen LogP contribution in [0.4, 0.5) is 5.82 Å². The van der Waals surface area contributed by atoms with Crippen LogP contribution in [0, 0.1) is 0 Å². The topological polar surface area (TPSA) is 79.4 Å². The normalized spacial score (nSPS) is 18.7. The van der Waals surface area contributed by atoms with Gasteiger partial charge in [-0.3, -0.25) is 4.79 Å². The Labute approximate surface area is 151 Å². The molecule has 1 unspecified atom stereocenters. The molecule has 1 N–H and O–H groups in total. The Morgan fingerprint density at radius 3 is 2.60 bits per heavy atom. The zero-order chi connectivity index (χ0) is 17.9. The highest BCUT2D eigenvalue weighted by molar-refractivity contribution is 7.89. The van der Waals surface area contributed by atoms with Crippen molar-refractivity contribution >= 4 is 33.3 Å². The van der Waals surface area contributed by atoms with Crippen molar-refractivity contribution in [1.29, 1.82) is 0 Å². The van der Waals surface area contributed by atoms with Crippen LogP contribution < -0.4 is 5.32 Å². The Kier molecular flexibility index (Phi) is 5.36. The third kappa shape index (κ3) is 4.00. The summed E-state index contributed by atoms with van der Waals surface area (Å²) in [5.74, 6) is -0.0361. The second-order valence-corrected chi connectivity index (χ2v) is 8.12. The SMILES string of the molecule is O=C(Nc1ccc(Cl)cn1)C1CCCCN1S(=O)(=O)c1ccccc1. The molecule has 1 aromatic carbocycles. The molecule has 132 valence electrons. The summed E-state index contributed by atoms with van der Waals surface area (Å²) in [5.41, 5.74) is 0. The largest absolute Gasteiger partial charge is 0.309 e. The maximum atomic E-state index is 12.9. The van der Waals surface area contributed by atoms with Gasteiger partial charge in [-0.15, -0.1) is 0 Å². The van der Waals surface area contributed by atoms with E-state index in [1.165, 1.54) is 10.5 Å². The molecule has 0 spiro atoms. The van der Waals surface area contributed by atoms with Crippen LogP contribution >= 0.6 is 11.6 Å². The van der Waals surface area contributed by atoms with Crippen molar-refractivity contribution in [3.63, 3.8) is 0 Å². The first kappa shape index (κ1) is 17.8. The standard InChI is InChI=1S/C17H18ClN3O3S/c18-13-9-10-16(19-12-13)20-17(22)15-8-4-5-11-21(15)25(23,24)14-6-2-1-3-7-14/h1-3,6-7,9-10,12,15H,4-5,8,11H2,(H,19,20,22). The zero-order valence-electron chi connectivity index (χ0n) is 13.4. The highest BCUT2D eigenvalue weighted by Crippen LogP contribution is 2.26. The number of nitrogens with one attached hydrogen (secondary N) is 1. The lowest BCUT2D eigenvalue weighted by Crippen LogP contribution is -2.49. The monoisotopic (exact) mass is 379 g/mol. The highest BCUT2D eigenvalue weighted by atomic mass is 35.5. The fourth-order valence-corrected chi connectivity index (χ4v) is 4.63. The molecular formula is C17H18ClN3O3S. The predicted octanol–water partition coefficient (Wildman–Crippen LogP) is 2.92. The number of hydrogen-bond donors (Lipinski definition) is 1. The summed E-state index contributed by atoms with van der Waals surface area (Å²) >= 11 is 5.79. The Balaban J connectivity index is 1.83. The maximum absolute atomic E-state index is 12.9. The van der Waals surface area contributed by atoms with Crippen LogP contribution in [0.5, 0.6) is 0 Å². The lowest BCUT2D eigenvalue weighted by Gasteiger charge is -2.33. The molecule has 1 saturated heterocycles. The number of nitrogens with zero attached hydrogens (tertiary/aromatic N) is 2. The van der Waals surface area contributed by atoms with Gasteiger partial charge >= 0.3 is 0 Å². The first-order chi connectivity index (χ1) is 12.0. The molecule has 6 nitrogen and oxygen atoms in total. The predicted molar refractivity (Wildman–Crippen MR) is 95.8 cm³/mol. The third-order valence-corrected chi connectivity index (χ3v) is 6.23. The molecule has 2 heterocycles. The van der Waals surface area contributed by atoms with E-state index in [1.807, 2.05) is 0 Å². The lowest BCUT2D eigenvalue weighted by atomic mass is 10.0. The Hall–Kier alpha value is -1.96. The van der Waals surface area contributed by atoms with E-state index in [4.69, 9.17) is 11.6 Å². The van der Waals surface area contributed by atoms with Gasteiger partial charge in [0.2, 0.25) is 15.9 Å². The molecule has 0 radical (unpaired) electrons. The number of carbonyl (C=O) groups excluding carboxylic acids is 1. The minimum Gasteiger partial charge on any atom is -0.309 e. The molecule has 3 rings (SSSR count). The van der Waals surface area contributed by atoms with Crippen LogP contribution in [0.25, 0.3) is 0 Å². The second kappa shape index (κ2) is 7.51. The number of benzene rings is 1. The Bertz CT molecular complexity index is 841. The molecule has 1 aliphatic rings. The highest BCUT2D eigenvalue weighted by Gasteiger charge is 2.37. The average Bonchev–Trinajstić information content (AvgIpc) is 2.64. The number of hydrogen-bond acceptors (Lipinski definition) is 4. The van der Waals surface area contributed by atoms with Gasteiger partial charge in [-0.25, -0.2) is 13.4 Å². The first-order valence-electron chi connectivity index (χ1n) is 7.98. The minimum absolute atomic E-state index is 0.194. The number of aromatic nitrogens is 1. The quantitative estimate of drug-likeness (QED) is 0.885. The van der Waals surface area contributed by atoms with Gasteiger partial charge in [0.15, 0.2) is 0 Å². The molecular weight excluding hydrogens is 362 g/mol. The smallest absolute Gasteiger partial charge is 0.243 e. The van der Waals surface area contributed by atoms with Crippen LogP contribution in [-0.4, -0.2) is 36.2 Å². The van der Waals surface area contributed by atoms with Crippen molar-refractivity contribution in [2.75, 3.05) is 11.9 Å². The van der Waals surface area contributed by atoms with Gasteiger partial charge in [0, 0.05) is 12.7 Å². The second-order valence-electron chi connectivity index (χ2n) is 5.79. The summed E-state index contributed by atoms with van der Waals surface area (Å²) in [6.45, 7) is 0.323. The number of halogens is 1. The molecule has 25 heavy (non-hydrogen) atoms. The van der Waals surface area contributed by atoms with Crippen molar-refractivity contribution in [2.45, 2.75) is 30.2 Å². The molecule has 2 aromatic rings. The fourth-order valence-electron chi connectivity index (χ4n) is 2.84. The van der Waals surface area contributed by atoms with Gasteiger partial charge < -0.3 is 5.32 Å². The van der Waals surface area contributed by atoms with E-state index in [0.29, 0.717) is 23.8 Å². The first-order valence-corrected chi connectivity index (χ1v) is 9.79. The maximum Gasteiger partial charge on any atom is 0.243 e. The van der Waals surface area contributed by atoms with E-state index in [-0.39, 0.29) is 10.8 Å². The third-order valence-electron chi connectivity index (χ3n) is 4.08. The molecule has 1 amide bonds. The summed E-state index contributed by atoms with van der Waals surface area (Å²) in [6, 6.07) is 10.6. The van der Waals surface area contributed by atoms with Crippen LogP contribution in [0.15, 0.2) is 53.6 Å². The van der Waals surface area contributed by atoms with Crippen LogP contribution in [-0.2, 0) is 14.8 Å². The number of sulfonamides is 1. The van der Waals surface area contributed by atoms with Crippen LogP contribution in [0.2, 0.25) is 5.02 Å². The van der Waals surface area contributed by atoms with E-state index < -0.39 is 16.1 Å². The Morgan fingerprint density at radius 2 is 1.92 bits per heavy atom. The van der Waals surface area contributed by atoms with Crippen molar-refractivity contribution in [3.8, 4) is 0 Å².